The molecular formula is C13H17N3. The monoisotopic (exact) mass is 215 g/mol. The van der Waals surface area contributed by atoms with E-state index in [0.717, 1.165) is 18.6 Å². The number of hydrogen-bond donors (Lipinski definition) is 1. The van der Waals surface area contributed by atoms with Crippen molar-refractivity contribution in [3.63, 3.8) is 0 Å². The van der Waals surface area contributed by atoms with Crippen LogP contribution in [0.4, 0.5) is 5.69 Å². The molecule has 2 aromatic rings. The number of nitrogens with zero attached hydrogens (tertiary/aromatic N) is 2. The first-order valence-electron chi connectivity index (χ1n) is 5.65. The van der Waals surface area contributed by atoms with Gasteiger partial charge in [-0.1, -0.05) is 6.07 Å². The molecule has 2 N–H and O–H groups in total. The van der Waals surface area contributed by atoms with Crippen molar-refractivity contribution in [2.75, 3.05) is 24.5 Å². The second-order valence-electron chi connectivity index (χ2n) is 3.75. The van der Waals surface area contributed by atoms with Crippen molar-refractivity contribution < 1.29 is 0 Å². The van der Waals surface area contributed by atoms with Gasteiger partial charge in [0.2, 0.25) is 0 Å². The Morgan fingerprint density at radius 2 is 2.19 bits per heavy atom. The molecule has 0 fully saturated rings. The Labute approximate surface area is 95.9 Å². The van der Waals surface area contributed by atoms with E-state index in [4.69, 9.17) is 5.73 Å². The van der Waals surface area contributed by atoms with Crippen LogP contribution in [0.25, 0.3) is 10.9 Å². The molecule has 0 saturated carbocycles. The van der Waals surface area contributed by atoms with Gasteiger partial charge >= 0.3 is 0 Å². The zero-order valence-electron chi connectivity index (χ0n) is 9.56. The number of aromatic nitrogens is 1. The molecule has 1 heterocycles. The van der Waals surface area contributed by atoms with Crippen LogP contribution in [0.1, 0.15) is 6.92 Å². The first-order valence-corrected chi connectivity index (χ1v) is 5.65. The summed E-state index contributed by atoms with van der Waals surface area (Å²) in [6.07, 6.45) is 1.82. The Balaban J connectivity index is 2.37. The van der Waals surface area contributed by atoms with Crippen LogP contribution in [0.3, 0.4) is 0 Å². The first-order chi connectivity index (χ1) is 7.85. The average Bonchev–Trinajstić information content (AvgIpc) is 2.35. The number of rotatable bonds is 4. The lowest BCUT2D eigenvalue weighted by atomic mass is 10.2. The summed E-state index contributed by atoms with van der Waals surface area (Å²) >= 11 is 0. The van der Waals surface area contributed by atoms with E-state index >= 15 is 0 Å². The fourth-order valence-corrected chi connectivity index (χ4v) is 1.89. The van der Waals surface area contributed by atoms with E-state index in [1.165, 1.54) is 11.1 Å². The SMILES string of the molecule is CCN(CCN)c1ccc2ncccc2c1. The van der Waals surface area contributed by atoms with Crippen molar-refractivity contribution in [2.24, 2.45) is 5.73 Å². The van der Waals surface area contributed by atoms with Crippen molar-refractivity contribution in [1.82, 2.24) is 4.98 Å². The number of benzene rings is 1. The van der Waals surface area contributed by atoms with Gasteiger partial charge in [-0.05, 0) is 31.2 Å². The number of nitrogens with two attached hydrogens (primary N) is 1. The molecule has 3 heteroatoms. The molecule has 0 aliphatic rings. The standard InChI is InChI=1S/C13H17N3/c1-2-16(9-7-14)12-5-6-13-11(10-12)4-3-8-15-13/h3-6,8,10H,2,7,9,14H2,1H3. The van der Waals surface area contributed by atoms with Gasteiger partial charge in [0.15, 0.2) is 0 Å². The number of hydrogen-bond acceptors (Lipinski definition) is 3. The van der Waals surface area contributed by atoms with Crippen LogP contribution < -0.4 is 10.6 Å². The van der Waals surface area contributed by atoms with Gasteiger partial charge in [0.1, 0.15) is 0 Å². The van der Waals surface area contributed by atoms with Gasteiger partial charge in [-0.3, -0.25) is 4.98 Å². The van der Waals surface area contributed by atoms with E-state index < -0.39 is 0 Å². The molecule has 0 saturated heterocycles. The highest BCUT2D eigenvalue weighted by Gasteiger charge is 2.03. The molecule has 0 bridgehead atoms. The van der Waals surface area contributed by atoms with Gasteiger partial charge in [-0.2, -0.15) is 0 Å². The van der Waals surface area contributed by atoms with Crippen molar-refractivity contribution in [2.45, 2.75) is 6.92 Å². The first kappa shape index (κ1) is 10.9. The lowest BCUT2D eigenvalue weighted by Gasteiger charge is -2.22. The summed E-state index contributed by atoms with van der Waals surface area (Å²) < 4.78 is 0. The van der Waals surface area contributed by atoms with Crippen molar-refractivity contribution in [3.05, 3.63) is 36.5 Å². The molecule has 0 aliphatic carbocycles. The quantitative estimate of drug-likeness (QED) is 0.848. The van der Waals surface area contributed by atoms with Gasteiger partial charge in [0.05, 0.1) is 5.52 Å². The molecule has 0 amide bonds. The maximum atomic E-state index is 5.60. The van der Waals surface area contributed by atoms with E-state index in [2.05, 4.69) is 41.1 Å². The van der Waals surface area contributed by atoms with E-state index in [9.17, 15) is 0 Å². The summed E-state index contributed by atoms with van der Waals surface area (Å²) in [5.41, 5.74) is 7.85. The Kier molecular flexibility index (Phi) is 3.37. The van der Waals surface area contributed by atoms with E-state index in [1.54, 1.807) is 0 Å². The maximum Gasteiger partial charge on any atom is 0.0703 e. The molecule has 3 nitrogen and oxygen atoms in total. The number of pyridine rings is 1. The molecule has 0 spiro atoms. The van der Waals surface area contributed by atoms with Crippen LogP contribution in [0, 0.1) is 0 Å². The van der Waals surface area contributed by atoms with Crippen molar-refractivity contribution >= 4 is 16.6 Å². The fraction of sp³-hybridized carbons (Fsp3) is 0.308. The highest BCUT2D eigenvalue weighted by Crippen LogP contribution is 2.20. The molecule has 84 valence electrons. The van der Waals surface area contributed by atoms with Gasteiger partial charge in [0.25, 0.3) is 0 Å². The normalized spacial score (nSPS) is 10.6. The largest absolute Gasteiger partial charge is 0.371 e. The van der Waals surface area contributed by atoms with Crippen LogP contribution in [-0.4, -0.2) is 24.6 Å². The third kappa shape index (κ3) is 2.14. The Morgan fingerprint density at radius 1 is 1.31 bits per heavy atom. The highest BCUT2D eigenvalue weighted by atomic mass is 15.1. The minimum absolute atomic E-state index is 0.679. The van der Waals surface area contributed by atoms with E-state index in [0.29, 0.717) is 6.54 Å². The second-order valence-corrected chi connectivity index (χ2v) is 3.75. The van der Waals surface area contributed by atoms with Crippen LogP contribution in [-0.2, 0) is 0 Å². The Bertz CT molecular complexity index is 467. The topological polar surface area (TPSA) is 42.1 Å². The summed E-state index contributed by atoms with van der Waals surface area (Å²) in [5, 5.41) is 1.18. The predicted molar refractivity (Wildman–Crippen MR) is 68.7 cm³/mol. The maximum absolute atomic E-state index is 5.60. The summed E-state index contributed by atoms with van der Waals surface area (Å²) in [5.74, 6) is 0. The summed E-state index contributed by atoms with van der Waals surface area (Å²) in [6, 6.07) is 10.4. The van der Waals surface area contributed by atoms with Crippen LogP contribution in [0.15, 0.2) is 36.5 Å². The van der Waals surface area contributed by atoms with Crippen LogP contribution in [0.5, 0.6) is 0 Å². The molecule has 1 aromatic heterocycles. The average molecular weight is 215 g/mol. The summed E-state index contributed by atoms with van der Waals surface area (Å²) in [6.45, 7) is 4.69. The molecule has 0 atom stereocenters. The number of fused-ring (bicyclic) bond motifs is 1. The smallest absolute Gasteiger partial charge is 0.0703 e. The zero-order valence-corrected chi connectivity index (χ0v) is 9.56. The fourth-order valence-electron chi connectivity index (χ4n) is 1.89. The molecule has 2 rings (SSSR count). The predicted octanol–water partition coefficient (Wildman–Crippen LogP) is 2.02. The third-order valence-corrected chi connectivity index (χ3v) is 2.73. The summed E-state index contributed by atoms with van der Waals surface area (Å²) in [4.78, 5) is 6.58. The van der Waals surface area contributed by atoms with Gasteiger partial charge in [-0.15, -0.1) is 0 Å². The van der Waals surface area contributed by atoms with E-state index in [1.807, 2.05) is 12.3 Å². The van der Waals surface area contributed by atoms with Crippen molar-refractivity contribution in [3.8, 4) is 0 Å². The molecule has 0 unspecified atom stereocenters. The summed E-state index contributed by atoms with van der Waals surface area (Å²) in [7, 11) is 0. The molecule has 0 aliphatic heterocycles. The molecular weight excluding hydrogens is 198 g/mol. The molecule has 1 aromatic carbocycles. The Morgan fingerprint density at radius 3 is 2.94 bits per heavy atom. The lowest BCUT2D eigenvalue weighted by molar-refractivity contribution is 0.817. The number of likely N-dealkylation sites (N-methyl/N-ethyl adjacent to an activating group) is 1. The zero-order chi connectivity index (χ0) is 11.4. The van der Waals surface area contributed by atoms with Crippen LogP contribution in [0.2, 0.25) is 0 Å². The number of anilines is 1. The Hall–Kier alpha value is -1.61. The van der Waals surface area contributed by atoms with Gasteiger partial charge in [-0.25, -0.2) is 0 Å². The minimum atomic E-state index is 0.679. The minimum Gasteiger partial charge on any atom is -0.371 e. The molecule has 16 heavy (non-hydrogen) atoms. The van der Waals surface area contributed by atoms with Gasteiger partial charge in [0, 0.05) is 36.9 Å². The third-order valence-electron chi connectivity index (χ3n) is 2.73. The van der Waals surface area contributed by atoms with Crippen LogP contribution >= 0.6 is 0 Å². The van der Waals surface area contributed by atoms with Gasteiger partial charge < -0.3 is 10.6 Å². The highest BCUT2D eigenvalue weighted by molar-refractivity contribution is 5.82. The molecule has 0 radical (unpaired) electrons. The van der Waals surface area contributed by atoms with Crippen molar-refractivity contribution in [1.29, 1.82) is 0 Å². The lowest BCUT2D eigenvalue weighted by Crippen LogP contribution is -2.28. The second kappa shape index (κ2) is 4.94. The van der Waals surface area contributed by atoms with E-state index in [-0.39, 0.29) is 0 Å².